The number of H-pyrrole nitrogens is 1. The standard InChI is InChI=1S/C24H25N5O3/c1-13-4-5-16(23(25)30)10-18(13)19-11-17(21-14(2)28-32-15(21)3)12-20-22(19)27-24(26-20)29-6-8-31-9-7-29/h4-5,10-12H,6-9H2,1-3H3,(H2,25,30)(H,26,27). The first-order chi connectivity index (χ1) is 15.4. The number of primary amides is 1. The number of aryl methyl sites for hydroxylation is 3. The molecule has 1 fully saturated rings. The zero-order chi connectivity index (χ0) is 22.4. The third-order valence-corrected chi connectivity index (χ3v) is 6.02. The minimum Gasteiger partial charge on any atom is -0.378 e. The van der Waals surface area contributed by atoms with Gasteiger partial charge in [-0.2, -0.15) is 0 Å². The van der Waals surface area contributed by atoms with E-state index < -0.39 is 5.91 Å². The molecule has 1 amide bonds. The molecule has 1 aliphatic heterocycles. The molecule has 0 saturated carbocycles. The summed E-state index contributed by atoms with van der Waals surface area (Å²) in [5.41, 5.74) is 13.4. The molecule has 0 radical (unpaired) electrons. The van der Waals surface area contributed by atoms with E-state index in [-0.39, 0.29) is 0 Å². The van der Waals surface area contributed by atoms with Crippen LogP contribution in [0.1, 0.15) is 27.4 Å². The van der Waals surface area contributed by atoms with E-state index in [2.05, 4.69) is 27.2 Å². The van der Waals surface area contributed by atoms with Gasteiger partial charge in [0, 0.05) is 29.8 Å². The van der Waals surface area contributed by atoms with Crippen LogP contribution in [-0.4, -0.2) is 47.3 Å². The molecule has 1 aliphatic rings. The zero-order valence-corrected chi connectivity index (χ0v) is 18.4. The lowest BCUT2D eigenvalue weighted by atomic mass is 9.93. The van der Waals surface area contributed by atoms with Crippen LogP contribution in [0.25, 0.3) is 33.3 Å². The lowest BCUT2D eigenvalue weighted by Gasteiger charge is -2.26. The number of nitrogens with one attached hydrogen (secondary N) is 1. The van der Waals surface area contributed by atoms with E-state index in [1.807, 2.05) is 32.9 Å². The van der Waals surface area contributed by atoms with Crippen LogP contribution in [0, 0.1) is 20.8 Å². The fraction of sp³-hybridized carbons (Fsp3) is 0.292. The van der Waals surface area contributed by atoms with Crippen molar-refractivity contribution in [3.63, 3.8) is 0 Å². The van der Waals surface area contributed by atoms with Crippen LogP contribution in [0.2, 0.25) is 0 Å². The number of hydrogen-bond acceptors (Lipinski definition) is 6. The van der Waals surface area contributed by atoms with Crippen LogP contribution in [0.5, 0.6) is 0 Å². The second kappa shape index (κ2) is 7.80. The number of carbonyl (C=O) groups is 1. The van der Waals surface area contributed by atoms with Crippen LogP contribution < -0.4 is 10.6 Å². The predicted octanol–water partition coefficient (Wildman–Crippen LogP) is 3.75. The molecular formula is C24H25N5O3. The summed E-state index contributed by atoms with van der Waals surface area (Å²) in [5, 5.41) is 4.12. The Morgan fingerprint density at radius 2 is 1.88 bits per heavy atom. The average molecular weight is 431 g/mol. The number of nitrogens with zero attached hydrogens (tertiary/aromatic N) is 3. The van der Waals surface area contributed by atoms with E-state index in [9.17, 15) is 4.79 Å². The van der Waals surface area contributed by atoms with Crippen molar-refractivity contribution >= 4 is 22.9 Å². The van der Waals surface area contributed by atoms with Crippen LogP contribution >= 0.6 is 0 Å². The van der Waals surface area contributed by atoms with Crippen molar-refractivity contribution < 1.29 is 14.1 Å². The summed E-state index contributed by atoms with van der Waals surface area (Å²) < 4.78 is 10.9. The van der Waals surface area contributed by atoms with Gasteiger partial charge in [0.1, 0.15) is 5.76 Å². The third kappa shape index (κ3) is 3.42. The minimum atomic E-state index is -0.458. The Morgan fingerprint density at radius 1 is 1.09 bits per heavy atom. The van der Waals surface area contributed by atoms with Crippen molar-refractivity contribution in [1.82, 2.24) is 15.1 Å². The number of amides is 1. The molecule has 8 heteroatoms. The summed E-state index contributed by atoms with van der Waals surface area (Å²) in [6.45, 7) is 8.77. The van der Waals surface area contributed by atoms with Gasteiger partial charge in [-0.05, 0) is 61.7 Å². The van der Waals surface area contributed by atoms with Crippen molar-refractivity contribution in [3.8, 4) is 22.3 Å². The van der Waals surface area contributed by atoms with Gasteiger partial charge in [0.2, 0.25) is 11.9 Å². The molecule has 0 aliphatic carbocycles. The molecule has 3 heterocycles. The average Bonchev–Trinajstić information content (AvgIpc) is 3.36. The van der Waals surface area contributed by atoms with Crippen molar-refractivity contribution in [3.05, 3.63) is 52.9 Å². The minimum absolute atomic E-state index is 0.458. The van der Waals surface area contributed by atoms with Gasteiger partial charge in [0.05, 0.1) is 29.9 Å². The quantitative estimate of drug-likeness (QED) is 0.509. The maximum Gasteiger partial charge on any atom is 0.248 e. The third-order valence-electron chi connectivity index (χ3n) is 6.02. The number of hydrogen-bond donors (Lipinski definition) is 2. The molecule has 5 rings (SSSR count). The number of aromatic nitrogens is 3. The maximum atomic E-state index is 11.9. The smallest absolute Gasteiger partial charge is 0.248 e. The van der Waals surface area contributed by atoms with Gasteiger partial charge in [-0.3, -0.25) is 4.79 Å². The normalized spacial score (nSPS) is 14.3. The number of rotatable bonds is 4. The molecule has 3 N–H and O–H groups in total. The lowest BCUT2D eigenvalue weighted by Crippen LogP contribution is -2.36. The first-order valence-corrected chi connectivity index (χ1v) is 10.6. The predicted molar refractivity (Wildman–Crippen MR) is 123 cm³/mol. The van der Waals surface area contributed by atoms with Gasteiger partial charge < -0.3 is 24.9 Å². The Balaban J connectivity index is 1.77. The van der Waals surface area contributed by atoms with E-state index in [0.29, 0.717) is 18.8 Å². The van der Waals surface area contributed by atoms with Gasteiger partial charge in [-0.1, -0.05) is 11.2 Å². The summed E-state index contributed by atoms with van der Waals surface area (Å²) in [7, 11) is 0. The number of anilines is 1. The number of benzene rings is 2. The maximum absolute atomic E-state index is 11.9. The summed E-state index contributed by atoms with van der Waals surface area (Å²) in [4.78, 5) is 22.5. The van der Waals surface area contributed by atoms with Crippen molar-refractivity contribution in [2.24, 2.45) is 5.73 Å². The Labute approximate surface area is 185 Å². The van der Waals surface area contributed by atoms with Gasteiger partial charge in [-0.25, -0.2) is 4.98 Å². The molecule has 0 spiro atoms. The molecule has 1 saturated heterocycles. The Kier molecular flexibility index (Phi) is 4.94. The summed E-state index contributed by atoms with van der Waals surface area (Å²) in [6, 6.07) is 9.67. The molecule has 0 bridgehead atoms. The topological polar surface area (TPSA) is 110 Å². The molecule has 2 aromatic carbocycles. The summed E-state index contributed by atoms with van der Waals surface area (Å²) >= 11 is 0. The summed E-state index contributed by atoms with van der Waals surface area (Å²) in [5.74, 6) is 1.10. The van der Waals surface area contributed by atoms with Gasteiger partial charge in [-0.15, -0.1) is 0 Å². The number of aromatic amines is 1. The van der Waals surface area contributed by atoms with E-state index in [1.54, 1.807) is 6.07 Å². The molecule has 0 unspecified atom stereocenters. The first-order valence-electron chi connectivity index (χ1n) is 10.6. The van der Waals surface area contributed by atoms with E-state index in [0.717, 1.165) is 69.3 Å². The summed E-state index contributed by atoms with van der Waals surface area (Å²) in [6.07, 6.45) is 0. The van der Waals surface area contributed by atoms with Crippen molar-refractivity contribution in [1.29, 1.82) is 0 Å². The van der Waals surface area contributed by atoms with Crippen LogP contribution in [0.4, 0.5) is 5.95 Å². The van der Waals surface area contributed by atoms with E-state index >= 15 is 0 Å². The van der Waals surface area contributed by atoms with Crippen LogP contribution in [0.15, 0.2) is 34.9 Å². The number of morpholine rings is 1. The van der Waals surface area contributed by atoms with Crippen LogP contribution in [0.3, 0.4) is 0 Å². The van der Waals surface area contributed by atoms with E-state index in [1.165, 1.54) is 0 Å². The number of fused-ring (bicyclic) bond motifs is 1. The highest BCUT2D eigenvalue weighted by Crippen LogP contribution is 2.38. The molecule has 0 atom stereocenters. The number of ether oxygens (including phenoxy) is 1. The Morgan fingerprint density at radius 3 is 2.56 bits per heavy atom. The van der Waals surface area contributed by atoms with Gasteiger partial charge in [0.15, 0.2) is 0 Å². The highest BCUT2D eigenvalue weighted by molar-refractivity contribution is 6.00. The molecule has 4 aromatic rings. The number of imidazole rings is 1. The monoisotopic (exact) mass is 431 g/mol. The second-order valence-corrected chi connectivity index (χ2v) is 8.17. The highest BCUT2D eigenvalue weighted by atomic mass is 16.5. The highest BCUT2D eigenvalue weighted by Gasteiger charge is 2.21. The van der Waals surface area contributed by atoms with Crippen molar-refractivity contribution in [2.45, 2.75) is 20.8 Å². The SMILES string of the molecule is Cc1ccc(C(N)=O)cc1-c1cc(-c2c(C)noc2C)cc2[nH]c(N3CCOCC3)nc12. The molecular weight excluding hydrogens is 406 g/mol. The fourth-order valence-electron chi connectivity index (χ4n) is 4.34. The van der Waals surface area contributed by atoms with Gasteiger partial charge >= 0.3 is 0 Å². The Hall–Kier alpha value is -3.65. The zero-order valence-electron chi connectivity index (χ0n) is 18.4. The fourth-order valence-corrected chi connectivity index (χ4v) is 4.34. The first kappa shape index (κ1) is 20.3. The second-order valence-electron chi connectivity index (χ2n) is 8.17. The van der Waals surface area contributed by atoms with E-state index in [4.69, 9.17) is 20.0 Å². The van der Waals surface area contributed by atoms with Crippen LogP contribution in [-0.2, 0) is 4.74 Å². The molecule has 2 aromatic heterocycles. The molecule has 32 heavy (non-hydrogen) atoms. The Bertz CT molecular complexity index is 1310. The molecule has 164 valence electrons. The number of nitrogens with two attached hydrogens (primary N) is 1. The largest absolute Gasteiger partial charge is 0.378 e. The lowest BCUT2D eigenvalue weighted by molar-refractivity contribution is 0.100. The van der Waals surface area contributed by atoms with Crippen molar-refractivity contribution in [2.75, 3.05) is 31.2 Å². The number of carbonyl (C=O) groups excluding carboxylic acids is 1. The molecule has 8 nitrogen and oxygen atoms in total. The van der Waals surface area contributed by atoms with Gasteiger partial charge in [0.25, 0.3) is 0 Å².